The van der Waals surface area contributed by atoms with Gasteiger partial charge in [0.2, 0.25) is 0 Å². The molecule has 0 aromatic rings. The van der Waals surface area contributed by atoms with Gasteiger partial charge in [-0.05, 0) is 77.0 Å². The topological polar surface area (TPSA) is 78.9 Å². The fourth-order valence-electron chi connectivity index (χ4n) is 8.98. The third kappa shape index (κ3) is 56.3. The average molecular weight is 982 g/mol. The van der Waals surface area contributed by atoms with Crippen LogP contribution in [0, 0.1) is 0 Å². The van der Waals surface area contributed by atoms with Crippen molar-refractivity contribution in [3.63, 3.8) is 0 Å². The van der Waals surface area contributed by atoms with E-state index < -0.39 is 6.10 Å². The standard InChI is InChI=1S/C64H116O6/c1-4-7-10-13-16-19-22-25-28-31-33-36-39-42-45-48-51-54-57-63(66)69-60-61(59-68-62(65)56-53-50-47-44-41-38-35-30-27-24-21-18-15-12-9-6-3)70-64(67)58-55-52-49-46-43-40-37-34-32-29-26-23-20-17-14-11-8-5-2/h9,12,18,21,27,30,33,36,61H,4-8,10-11,13-17,19-20,22-26,28-29,31-32,34-35,37-60H2,1-3H3/b12-9-,21-18-,30-27-,36-33-. The number of allylic oxidation sites excluding steroid dienone is 8. The Kier molecular flexibility index (Phi) is 56.7. The summed E-state index contributed by atoms with van der Waals surface area (Å²) in [5.74, 6) is -0.880. The minimum Gasteiger partial charge on any atom is -0.462 e. The van der Waals surface area contributed by atoms with Crippen LogP contribution in [0.3, 0.4) is 0 Å². The monoisotopic (exact) mass is 981 g/mol. The van der Waals surface area contributed by atoms with Gasteiger partial charge in [-0.2, -0.15) is 0 Å². The molecule has 6 heteroatoms. The fraction of sp³-hybridized carbons (Fsp3) is 0.828. The highest BCUT2D eigenvalue weighted by Crippen LogP contribution is 2.17. The summed E-state index contributed by atoms with van der Waals surface area (Å²) in [6.07, 6.45) is 72.5. The number of hydrogen-bond acceptors (Lipinski definition) is 6. The Morgan fingerprint density at radius 2 is 0.557 bits per heavy atom. The number of carbonyl (C=O) groups excluding carboxylic acids is 3. The van der Waals surface area contributed by atoms with Gasteiger partial charge in [0.05, 0.1) is 0 Å². The molecule has 1 unspecified atom stereocenters. The maximum Gasteiger partial charge on any atom is 0.306 e. The van der Waals surface area contributed by atoms with E-state index in [-0.39, 0.29) is 31.1 Å². The van der Waals surface area contributed by atoms with Gasteiger partial charge in [0.25, 0.3) is 0 Å². The molecule has 0 aromatic carbocycles. The van der Waals surface area contributed by atoms with Gasteiger partial charge in [0.15, 0.2) is 6.10 Å². The van der Waals surface area contributed by atoms with Crippen LogP contribution in [0.25, 0.3) is 0 Å². The molecule has 0 heterocycles. The van der Waals surface area contributed by atoms with Crippen LogP contribution in [0.2, 0.25) is 0 Å². The molecule has 0 aliphatic heterocycles. The van der Waals surface area contributed by atoms with Crippen LogP contribution >= 0.6 is 0 Å². The Hall–Kier alpha value is -2.63. The molecular weight excluding hydrogens is 865 g/mol. The first-order valence-electron chi connectivity index (χ1n) is 30.6. The summed E-state index contributed by atoms with van der Waals surface area (Å²) < 4.78 is 16.9. The quantitative estimate of drug-likeness (QED) is 0.0261. The maximum atomic E-state index is 12.9. The second-order valence-corrected chi connectivity index (χ2v) is 20.6. The molecule has 0 rings (SSSR count). The zero-order valence-corrected chi connectivity index (χ0v) is 46.8. The van der Waals surface area contributed by atoms with Crippen LogP contribution in [0.4, 0.5) is 0 Å². The van der Waals surface area contributed by atoms with Crippen molar-refractivity contribution in [3.8, 4) is 0 Å². The lowest BCUT2D eigenvalue weighted by Crippen LogP contribution is -2.30. The Morgan fingerprint density at radius 3 is 0.886 bits per heavy atom. The van der Waals surface area contributed by atoms with Gasteiger partial charge < -0.3 is 14.2 Å². The molecule has 0 radical (unpaired) electrons. The Bertz CT molecular complexity index is 1220. The third-order valence-electron chi connectivity index (χ3n) is 13.6. The Balaban J connectivity index is 4.36. The second-order valence-electron chi connectivity index (χ2n) is 20.6. The summed E-state index contributed by atoms with van der Waals surface area (Å²) in [7, 11) is 0. The number of carbonyl (C=O) groups is 3. The molecule has 0 saturated carbocycles. The zero-order valence-electron chi connectivity index (χ0n) is 46.8. The molecule has 0 aliphatic rings. The molecule has 0 spiro atoms. The predicted octanol–water partition coefficient (Wildman–Crippen LogP) is 20.6. The molecule has 0 fully saturated rings. The number of hydrogen-bond donors (Lipinski definition) is 0. The van der Waals surface area contributed by atoms with E-state index in [4.69, 9.17) is 14.2 Å². The summed E-state index contributed by atoms with van der Waals surface area (Å²) in [4.78, 5) is 38.2. The number of ether oxygens (including phenoxy) is 3. The molecule has 0 N–H and O–H groups in total. The molecule has 0 aliphatic carbocycles. The van der Waals surface area contributed by atoms with Crippen molar-refractivity contribution in [2.45, 2.75) is 329 Å². The smallest absolute Gasteiger partial charge is 0.306 e. The number of rotatable bonds is 56. The van der Waals surface area contributed by atoms with E-state index in [1.54, 1.807) is 0 Å². The van der Waals surface area contributed by atoms with E-state index in [0.717, 1.165) is 89.9 Å². The highest BCUT2D eigenvalue weighted by Gasteiger charge is 2.19. The van der Waals surface area contributed by atoms with E-state index >= 15 is 0 Å². The maximum absolute atomic E-state index is 12.9. The van der Waals surface area contributed by atoms with Crippen molar-refractivity contribution in [2.24, 2.45) is 0 Å². The summed E-state index contributed by atoms with van der Waals surface area (Å²) >= 11 is 0. The Labute approximate surface area is 435 Å². The fourth-order valence-corrected chi connectivity index (χ4v) is 8.98. The van der Waals surface area contributed by atoms with Crippen LogP contribution in [-0.2, 0) is 28.6 Å². The summed E-state index contributed by atoms with van der Waals surface area (Å²) in [6, 6.07) is 0. The minimum absolute atomic E-state index is 0.0785. The highest BCUT2D eigenvalue weighted by molar-refractivity contribution is 5.71. The molecule has 0 aromatic heterocycles. The molecule has 408 valence electrons. The first kappa shape index (κ1) is 67.4. The van der Waals surface area contributed by atoms with Gasteiger partial charge in [-0.25, -0.2) is 0 Å². The normalized spacial score (nSPS) is 12.3. The van der Waals surface area contributed by atoms with Gasteiger partial charge in [-0.3, -0.25) is 14.4 Å². The molecule has 0 bridgehead atoms. The molecular formula is C64H116O6. The number of unbranched alkanes of at least 4 members (excludes halogenated alkanes) is 37. The van der Waals surface area contributed by atoms with Gasteiger partial charge in [-0.15, -0.1) is 0 Å². The average Bonchev–Trinajstić information content (AvgIpc) is 3.36. The van der Waals surface area contributed by atoms with Crippen LogP contribution in [0.1, 0.15) is 323 Å². The summed E-state index contributed by atoms with van der Waals surface area (Å²) in [5, 5.41) is 0. The van der Waals surface area contributed by atoms with Gasteiger partial charge in [0, 0.05) is 19.3 Å². The largest absolute Gasteiger partial charge is 0.462 e. The van der Waals surface area contributed by atoms with Crippen molar-refractivity contribution >= 4 is 17.9 Å². The van der Waals surface area contributed by atoms with Crippen molar-refractivity contribution in [3.05, 3.63) is 48.6 Å². The van der Waals surface area contributed by atoms with Gasteiger partial charge >= 0.3 is 17.9 Å². The molecule has 6 nitrogen and oxygen atoms in total. The summed E-state index contributed by atoms with van der Waals surface area (Å²) in [6.45, 7) is 6.56. The molecule has 0 saturated heterocycles. The first-order chi connectivity index (χ1) is 34.5. The first-order valence-corrected chi connectivity index (χ1v) is 30.6. The van der Waals surface area contributed by atoms with Crippen LogP contribution in [0.5, 0.6) is 0 Å². The van der Waals surface area contributed by atoms with Crippen molar-refractivity contribution in [2.75, 3.05) is 13.2 Å². The lowest BCUT2D eigenvalue weighted by atomic mass is 10.0. The zero-order chi connectivity index (χ0) is 50.7. The lowest BCUT2D eigenvalue weighted by Gasteiger charge is -2.18. The van der Waals surface area contributed by atoms with Crippen molar-refractivity contribution in [1.29, 1.82) is 0 Å². The highest BCUT2D eigenvalue weighted by atomic mass is 16.6. The van der Waals surface area contributed by atoms with Crippen molar-refractivity contribution < 1.29 is 28.6 Å². The van der Waals surface area contributed by atoms with E-state index in [9.17, 15) is 14.4 Å². The van der Waals surface area contributed by atoms with Crippen LogP contribution in [-0.4, -0.2) is 37.2 Å². The number of esters is 3. The van der Waals surface area contributed by atoms with E-state index in [0.29, 0.717) is 19.3 Å². The molecule has 0 amide bonds. The third-order valence-corrected chi connectivity index (χ3v) is 13.6. The van der Waals surface area contributed by atoms with Gasteiger partial charge in [0.1, 0.15) is 13.2 Å². The van der Waals surface area contributed by atoms with E-state index in [1.807, 2.05) is 0 Å². The molecule has 1 atom stereocenters. The summed E-state index contributed by atoms with van der Waals surface area (Å²) in [5.41, 5.74) is 0. The van der Waals surface area contributed by atoms with Crippen LogP contribution in [0.15, 0.2) is 48.6 Å². The Morgan fingerprint density at radius 1 is 0.300 bits per heavy atom. The van der Waals surface area contributed by atoms with E-state index in [1.165, 1.54) is 193 Å². The van der Waals surface area contributed by atoms with E-state index in [2.05, 4.69) is 69.4 Å². The minimum atomic E-state index is -0.780. The SMILES string of the molecule is CC/C=C\C/C=C\C/C=C\CCCCCCCCC(=O)OCC(COC(=O)CCCCCCC/C=C\CCCCCCCCCCC)OC(=O)CCCCCCCCCCCCCCCCCCCC. The predicted molar refractivity (Wildman–Crippen MR) is 302 cm³/mol. The van der Waals surface area contributed by atoms with Crippen LogP contribution < -0.4 is 0 Å². The lowest BCUT2D eigenvalue weighted by molar-refractivity contribution is -0.167. The van der Waals surface area contributed by atoms with Crippen molar-refractivity contribution in [1.82, 2.24) is 0 Å². The van der Waals surface area contributed by atoms with Gasteiger partial charge in [-0.1, -0.05) is 275 Å². The second kappa shape index (κ2) is 58.9. The molecule has 70 heavy (non-hydrogen) atoms.